The summed E-state index contributed by atoms with van der Waals surface area (Å²) in [5.41, 5.74) is 1.40. The number of nitrogens with zero attached hydrogens (tertiary/aromatic N) is 2. The molecule has 5 nitrogen and oxygen atoms in total. The van der Waals surface area contributed by atoms with Crippen LogP contribution in [-0.4, -0.2) is 5.91 Å². The minimum absolute atomic E-state index is 0.0920. The molecule has 3 aromatic carbocycles. The van der Waals surface area contributed by atoms with Crippen molar-refractivity contribution >= 4 is 28.1 Å². The third-order valence-electron chi connectivity index (χ3n) is 3.82. The first-order valence-corrected chi connectivity index (χ1v) is 7.88. The molecule has 0 aliphatic rings. The fraction of sp³-hybridized carbons (Fsp3) is 0. The molecule has 1 amide bonds. The number of benzene rings is 3. The van der Waals surface area contributed by atoms with Crippen molar-refractivity contribution in [1.82, 2.24) is 0 Å². The van der Waals surface area contributed by atoms with Gasteiger partial charge in [0.05, 0.1) is 11.3 Å². The Kier molecular flexibility index (Phi) is 4.93. The molecule has 5 heteroatoms. The van der Waals surface area contributed by atoms with Crippen molar-refractivity contribution in [2.75, 3.05) is 10.6 Å². The number of hydrogen-bond acceptors (Lipinski definition) is 4. The lowest BCUT2D eigenvalue weighted by atomic mass is 10.1. The molecule has 2 N–H and O–H groups in total. The van der Waals surface area contributed by atoms with Crippen molar-refractivity contribution in [3.63, 3.8) is 0 Å². The lowest BCUT2D eigenvalue weighted by Gasteiger charge is -2.08. The standard InChI is InChI=1S/C21H14N4O/c22-12-16-7-2-4-10-19(16)25-21(26)17(13-23)14-24-20-11-5-8-15-6-1-3-9-18(15)20/h1-11,14,24H,(H,25,26)/b17-14-. The lowest BCUT2D eigenvalue weighted by molar-refractivity contribution is -0.112. The third kappa shape index (κ3) is 3.53. The van der Waals surface area contributed by atoms with Crippen LogP contribution in [0.5, 0.6) is 0 Å². The first-order chi connectivity index (χ1) is 12.7. The van der Waals surface area contributed by atoms with E-state index in [0.29, 0.717) is 11.3 Å². The molecule has 0 unspecified atom stereocenters. The Labute approximate surface area is 150 Å². The SMILES string of the molecule is N#C/C(=C/Nc1cccc2ccccc12)C(=O)Nc1ccccc1C#N. The number of fused-ring (bicyclic) bond motifs is 1. The second-order valence-electron chi connectivity index (χ2n) is 5.45. The third-order valence-corrected chi connectivity index (χ3v) is 3.82. The molecule has 124 valence electrons. The minimum atomic E-state index is -0.581. The number of amides is 1. The predicted molar refractivity (Wildman–Crippen MR) is 101 cm³/mol. The number of carbonyl (C=O) groups is 1. The summed E-state index contributed by atoms with van der Waals surface area (Å²) in [7, 11) is 0. The van der Waals surface area contributed by atoms with Gasteiger partial charge in [-0.2, -0.15) is 10.5 Å². The molecule has 0 heterocycles. The average Bonchev–Trinajstić information content (AvgIpc) is 2.69. The van der Waals surface area contributed by atoms with Gasteiger partial charge >= 0.3 is 0 Å². The molecule has 0 spiro atoms. The predicted octanol–water partition coefficient (Wildman–Crippen LogP) is 4.17. The van der Waals surface area contributed by atoms with Gasteiger partial charge in [-0.05, 0) is 23.6 Å². The van der Waals surface area contributed by atoms with Crippen LogP contribution in [0.25, 0.3) is 10.8 Å². The summed E-state index contributed by atoms with van der Waals surface area (Å²) in [5.74, 6) is -0.581. The van der Waals surface area contributed by atoms with Crippen LogP contribution in [-0.2, 0) is 4.79 Å². The van der Waals surface area contributed by atoms with E-state index in [1.54, 1.807) is 24.3 Å². The summed E-state index contributed by atoms with van der Waals surface area (Å²) in [5, 5.41) is 26.0. The van der Waals surface area contributed by atoms with Crippen molar-refractivity contribution in [1.29, 1.82) is 10.5 Å². The first kappa shape index (κ1) is 16.8. The number of nitrogens with one attached hydrogen (secondary N) is 2. The van der Waals surface area contributed by atoms with Gasteiger partial charge in [0.25, 0.3) is 5.91 Å². The Morgan fingerprint density at radius 2 is 1.58 bits per heavy atom. The van der Waals surface area contributed by atoms with E-state index in [1.807, 2.05) is 54.6 Å². The van der Waals surface area contributed by atoms with Crippen molar-refractivity contribution in [3.8, 4) is 12.1 Å². The Morgan fingerprint density at radius 1 is 0.885 bits per heavy atom. The maximum atomic E-state index is 12.3. The molecule has 0 fully saturated rings. The molecule has 0 aromatic heterocycles. The second kappa shape index (κ2) is 7.65. The molecule has 0 bridgehead atoms. The highest BCUT2D eigenvalue weighted by molar-refractivity contribution is 6.07. The highest BCUT2D eigenvalue weighted by Gasteiger charge is 2.11. The summed E-state index contributed by atoms with van der Waals surface area (Å²) < 4.78 is 0. The van der Waals surface area contributed by atoms with Crippen LogP contribution < -0.4 is 10.6 Å². The molecule has 0 radical (unpaired) electrons. The van der Waals surface area contributed by atoms with E-state index in [-0.39, 0.29) is 5.57 Å². The van der Waals surface area contributed by atoms with E-state index in [0.717, 1.165) is 16.5 Å². The Bertz CT molecular complexity index is 1080. The first-order valence-electron chi connectivity index (χ1n) is 7.88. The number of nitriles is 2. The van der Waals surface area contributed by atoms with Gasteiger partial charge in [-0.15, -0.1) is 0 Å². The van der Waals surface area contributed by atoms with Gasteiger partial charge < -0.3 is 10.6 Å². The number of para-hydroxylation sites is 1. The molecule has 0 saturated carbocycles. The summed E-state index contributed by atoms with van der Waals surface area (Å²) >= 11 is 0. The van der Waals surface area contributed by atoms with Gasteiger partial charge in [0, 0.05) is 17.3 Å². The second-order valence-corrected chi connectivity index (χ2v) is 5.45. The van der Waals surface area contributed by atoms with E-state index >= 15 is 0 Å². The van der Waals surface area contributed by atoms with E-state index in [9.17, 15) is 10.1 Å². The van der Waals surface area contributed by atoms with Crippen molar-refractivity contribution in [2.24, 2.45) is 0 Å². The maximum absolute atomic E-state index is 12.3. The van der Waals surface area contributed by atoms with Crippen LogP contribution in [0.3, 0.4) is 0 Å². The minimum Gasteiger partial charge on any atom is -0.360 e. The molecule has 0 aliphatic heterocycles. The quantitative estimate of drug-likeness (QED) is 0.552. The molecule has 0 saturated heterocycles. The van der Waals surface area contributed by atoms with Crippen LogP contribution in [0.1, 0.15) is 5.56 Å². The van der Waals surface area contributed by atoms with Gasteiger partial charge in [-0.1, -0.05) is 48.5 Å². The molecular weight excluding hydrogens is 324 g/mol. The van der Waals surface area contributed by atoms with Crippen LogP contribution in [0.2, 0.25) is 0 Å². The highest BCUT2D eigenvalue weighted by Crippen LogP contribution is 2.23. The van der Waals surface area contributed by atoms with Gasteiger partial charge in [0.1, 0.15) is 17.7 Å². The zero-order valence-electron chi connectivity index (χ0n) is 13.7. The smallest absolute Gasteiger partial charge is 0.267 e. The number of anilines is 2. The number of hydrogen-bond donors (Lipinski definition) is 2. The van der Waals surface area contributed by atoms with Crippen LogP contribution in [0.4, 0.5) is 11.4 Å². The molecule has 3 rings (SSSR count). The largest absolute Gasteiger partial charge is 0.360 e. The van der Waals surface area contributed by atoms with Crippen molar-refractivity contribution in [3.05, 3.63) is 84.1 Å². The van der Waals surface area contributed by atoms with Crippen molar-refractivity contribution in [2.45, 2.75) is 0 Å². The zero-order valence-corrected chi connectivity index (χ0v) is 13.7. The molecule has 26 heavy (non-hydrogen) atoms. The summed E-state index contributed by atoms with van der Waals surface area (Å²) in [6, 6.07) is 24.1. The van der Waals surface area contributed by atoms with Gasteiger partial charge in [-0.25, -0.2) is 0 Å². The number of rotatable bonds is 4. The van der Waals surface area contributed by atoms with Gasteiger partial charge in [-0.3, -0.25) is 4.79 Å². The van der Waals surface area contributed by atoms with Crippen LogP contribution in [0, 0.1) is 22.7 Å². The van der Waals surface area contributed by atoms with E-state index in [1.165, 1.54) is 6.20 Å². The van der Waals surface area contributed by atoms with Gasteiger partial charge in [0.15, 0.2) is 0 Å². The van der Waals surface area contributed by atoms with E-state index in [2.05, 4.69) is 10.6 Å². The Morgan fingerprint density at radius 3 is 2.38 bits per heavy atom. The maximum Gasteiger partial charge on any atom is 0.267 e. The normalized spacial score (nSPS) is 10.6. The Balaban J connectivity index is 1.83. The van der Waals surface area contributed by atoms with Crippen LogP contribution >= 0.6 is 0 Å². The Hall–Kier alpha value is -4.09. The summed E-state index contributed by atoms with van der Waals surface area (Å²) in [6.45, 7) is 0. The summed E-state index contributed by atoms with van der Waals surface area (Å²) in [6.07, 6.45) is 1.37. The fourth-order valence-electron chi connectivity index (χ4n) is 2.53. The molecule has 0 aliphatic carbocycles. The average molecular weight is 338 g/mol. The molecule has 3 aromatic rings. The molecular formula is C21H14N4O. The fourth-order valence-corrected chi connectivity index (χ4v) is 2.53. The van der Waals surface area contributed by atoms with Crippen molar-refractivity contribution < 1.29 is 4.79 Å². The topological polar surface area (TPSA) is 88.7 Å². The molecule has 0 atom stereocenters. The number of carbonyl (C=O) groups excluding carboxylic acids is 1. The monoisotopic (exact) mass is 338 g/mol. The zero-order chi connectivity index (χ0) is 18.4. The van der Waals surface area contributed by atoms with E-state index in [4.69, 9.17) is 5.26 Å². The van der Waals surface area contributed by atoms with Crippen LogP contribution in [0.15, 0.2) is 78.5 Å². The van der Waals surface area contributed by atoms with E-state index < -0.39 is 5.91 Å². The summed E-state index contributed by atoms with van der Waals surface area (Å²) in [4.78, 5) is 12.3. The lowest BCUT2D eigenvalue weighted by Crippen LogP contribution is -2.15. The van der Waals surface area contributed by atoms with Gasteiger partial charge in [0.2, 0.25) is 0 Å². The highest BCUT2D eigenvalue weighted by atomic mass is 16.1.